The number of carbonyl (C=O) groups is 2. The molecule has 1 amide bonds. The first-order valence-electron chi connectivity index (χ1n) is 9.18. The first-order chi connectivity index (χ1) is 13.5. The monoisotopic (exact) mass is 379 g/mol. The zero-order valence-electron chi connectivity index (χ0n) is 15.5. The fourth-order valence-corrected chi connectivity index (χ4v) is 3.84. The van der Waals surface area contributed by atoms with E-state index >= 15 is 0 Å². The van der Waals surface area contributed by atoms with Gasteiger partial charge in [-0.3, -0.25) is 9.48 Å². The lowest BCUT2D eigenvalue weighted by Crippen LogP contribution is -2.37. The summed E-state index contributed by atoms with van der Waals surface area (Å²) in [6, 6.07) is 13.5. The van der Waals surface area contributed by atoms with Gasteiger partial charge in [0.1, 0.15) is 5.76 Å². The van der Waals surface area contributed by atoms with Gasteiger partial charge in [-0.2, -0.15) is 5.10 Å². The van der Waals surface area contributed by atoms with Crippen molar-refractivity contribution in [1.29, 1.82) is 0 Å². The molecule has 28 heavy (non-hydrogen) atoms. The van der Waals surface area contributed by atoms with E-state index in [0.717, 1.165) is 17.0 Å². The van der Waals surface area contributed by atoms with Crippen LogP contribution in [0.4, 0.5) is 0 Å². The Morgan fingerprint density at radius 3 is 2.68 bits per heavy atom. The molecule has 7 heteroatoms. The number of hydrogen-bond acceptors (Lipinski definition) is 4. The van der Waals surface area contributed by atoms with Gasteiger partial charge >= 0.3 is 5.97 Å². The number of amides is 1. The van der Waals surface area contributed by atoms with E-state index in [1.807, 2.05) is 42.5 Å². The predicted molar refractivity (Wildman–Crippen MR) is 101 cm³/mol. The topological polar surface area (TPSA) is 88.6 Å². The van der Waals surface area contributed by atoms with Crippen molar-refractivity contribution in [2.24, 2.45) is 7.05 Å². The summed E-state index contributed by atoms with van der Waals surface area (Å²) in [4.78, 5) is 26.3. The number of furan rings is 1. The number of aryl methyl sites for hydroxylation is 1. The Bertz CT molecular complexity index is 992. The summed E-state index contributed by atoms with van der Waals surface area (Å²) in [5.74, 6) is -0.539. The number of benzene rings is 1. The smallest absolute Gasteiger partial charge is 0.356 e. The normalized spacial score (nSPS) is 14.5. The van der Waals surface area contributed by atoms with Crippen molar-refractivity contribution >= 4 is 11.9 Å². The number of rotatable bonds is 5. The van der Waals surface area contributed by atoms with Crippen LogP contribution in [0.15, 0.2) is 53.1 Å². The van der Waals surface area contributed by atoms with Crippen molar-refractivity contribution in [3.8, 4) is 0 Å². The maximum atomic E-state index is 13.1. The molecule has 1 unspecified atom stereocenters. The van der Waals surface area contributed by atoms with Gasteiger partial charge in [0.15, 0.2) is 5.69 Å². The Hall–Kier alpha value is -3.35. The lowest BCUT2D eigenvalue weighted by atomic mass is 9.92. The summed E-state index contributed by atoms with van der Waals surface area (Å²) in [5.41, 5.74) is 2.55. The molecule has 0 aliphatic carbocycles. The molecule has 0 radical (unpaired) electrons. The van der Waals surface area contributed by atoms with Crippen LogP contribution in [0.2, 0.25) is 0 Å². The Morgan fingerprint density at radius 1 is 1.21 bits per heavy atom. The van der Waals surface area contributed by atoms with Crippen LogP contribution >= 0.6 is 0 Å². The van der Waals surface area contributed by atoms with Gasteiger partial charge < -0.3 is 14.4 Å². The van der Waals surface area contributed by atoms with E-state index in [2.05, 4.69) is 5.10 Å². The van der Waals surface area contributed by atoms with Gasteiger partial charge in [0.2, 0.25) is 5.91 Å². The number of aromatic carboxylic acids is 1. The summed E-state index contributed by atoms with van der Waals surface area (Å²) < 4.78 is 7.19. The summed E-state index contributed by atoms with van der Waals surface area (Å²) >= 11 is 0. The summed E-state index contributed by atoms with van der Waals surface area (Å²) in [6.45, 7) is 0.813. The molecule has 0 saturated carbocycles. The van der Waals surface area contributed by atoms with Crippen LogP contribution in [-0.2, 0) is 24.8 Å². The quantitative estimate of drug-likeness (QED) is 0.736. The Kier molecular flexibility index (Phi) is 4.73. The molecule has 1 atom stereocenters. The first-order valence-corrected chi connectivity index (χ1v) is 9.18. The summed E-state index contributed by atoms with van der Waals surface area (Å²) in [5, 5.41) is 13.5. The molecule has 1 aromatic carbocycles. The first kappa shape index (κ1) is 18.0. The van der Waals surface area contributed by atoms with Crippen molar-refractivity contribution < 1.29 is 19.1 Å². The molecule has 2 aromatic heterocycles. The fraction of sp³-hybridized carbons (Fsp3) is 0.286. The largest absolute Gasteiger partial charge is 0.476 e. The maximum Gasteiger partial charge on any atom is 0.356 e. The van der Waals surface area contributed by atoms with E-state index in [-0.39, 0.29) is 30.5 Å². The van der Waals surface area contributed by atoms with Crippen molar-refractivity contribution in [3.05, 3.63) is 77.0 Å². The van der Waals surface area contributed by atoms with E-state index in [4.69, 9.17) is 4.42 Å². The standard InChI is InChI=1S/C21H21N3O4/c1-23-17-9-10-24(13-16(17)20(22-23)21(26)27)19(25)12-15(18-8-5-11-28-18)14-6-3-2-4-7-14/h2-8,11,15H,9-10,12-13H2,1H3,(H,26,27). The number of fused-ring (bicyclic) bond motifs is 1. The molecule has 3 heterocycles. The number of carbonyl (C=O) groups excluding carboxylic acids is 1. The Balaban J connectivity index is 1.57. The summed E-state index contributed by atoms with van der Waals surface area (Å²) in [6.07, 6.45) is 2.46. The highest BCUT2D eigenvalue weighted by molar-refractivity contribution is 5.88. The highest BCUT2D eigenvalue weighted by Crippen LogP contribution is 2.30. The van der Waals surface area contributed by atoms with Crippen LogP contribution in [0.3, 0.4) is 0 Å². The lowest BCUT2D eigenvalue weighted by Gasteiger charge is -2.29. The lowest BCUT2D eigenvalue weighted by molar-refractivity contribution is -0.132. The van der Waals surface area contributed by atoms with E-state index in [0.29, 0.717) is 18.5 Å². The Labute approximate surface area is 162 Å². The Morgan fingerprint density at radius 2 is 2.00 bits per heavy atom. The van der Waals surface area contributed by atoms with Crippen molar-refractivity contribution in [3.63, 3.8) is 0 Å². The third-order valence-electron chi connectivity index (χ3n) is 5.26. The molecular formula is C21H21N3O4. The van der Waals surface area contributed by atoms with Gasteiger partial charge in [0, 0.05) is 44.2 Å². The maximum absolute atomic E-state index is 13.1. The second kappa shape index (κ2) is 7.34. The highest BCUT2D eigenvalue weighted by atomic mass is 16.4. The van der Waals surface area contributed by atoms with E-state index in [9.17, 15) is 14.7 Å². The van der Waals surface area contributed by atoms with Gasteiger partial charge in [0.05, 0.1) is 12.2 Å². The van der Waals surface area contributed by atoms with Gasteiger partial charge in [-0.1, -0.05) is 30.3 Å². The van der Waals surface area contributed by atoms with Crippen molar-refractivity contribution in [2.45, 2.75) is 25.3 Å². The van der Waals surface area contributed by atoms with Crippen molar-refractivity contribution in [2.75, 3.05) is 6.54 Å². The fourth-order valence-electron chi connectivity index (χ4n) is 3.84. The average molecular weight is 379 g/mol. The number of nitrogens with zero attached hydrogens (tertiary/aromatic N) is 3. The SMILES string of the molecule is Cn1nc(C(=O)O)c2c1CCN(C(=O)CC(c1ccccc1)c1ccco1)C2. The summed E-state index contributed by atoms with van der Waals surface area (Å²) in [7, 11) is 1.74. The minimum absolute atomic E-state index is 0.0284. The third kappa shape index (κ3) is 3.31. The van der Waals surface area contributed by atoms with Gasteiger partial charge in [-0.15, -0.1) is 0 Å². The van der Waals surface area contributed by atoms with E-state index in [1.54, 1.807) is 22.9 Å². The van der Waals surface area contributed by atoms with Crippen LogP contribution in [0.25, 0.3) is 0 Å². The molecule has 144 valence electrons. The molecule has 0 fully saturated rings. The second-order valence-electron chi connectivity index (χ2n) is 6.95. The molecule has 0 saturated heterocycles. The number of carboxylic acid groups (broad SMARTS) is 1. The van der Waals surface area contributed by atoms with Crippen LogP contribution in [-0.4, -0.2) is 38.2 Å². The molecular weight excluding hydrogens is 358 g/mol. The zero-order valence-corrected chi connectivity index (χ0v) is 15.5. The average Bonchev–Trinajstić information content (AvgIpc) is 3.35. The van der Waals surface area contributed by atoms with E-state index in [1.165, 1.54) is 0 Å². The van der Waals surface area contributed by atoms with Crippen LogP contribution in [0.1, 0.15) is 45.4 Å². The minimum atomic E-state index is -1.07. The van der Waals surface area contributed by atoms with Crippen molar-refractivity contribution in [1.82, 2.24) is 14.7 Å². The predicted octanol–water partition coefficient (Wildman–Crippen LogP) is 2.82. The number of hydrogen-bond donors (Lipinski definition) is 1. The van der Waals surface area contributed by atoms with Gasteiger partial charge in [0.25, 0.3) is 0 Å². The molecule has 4 rings (SSSR count). The van der Waals surface area contributed by atoms with Crippen LogP contribution in [0.5, 0.6) is 0 Å². The molecule has 1 aliphatic rings. The molecule has 0 bridgehead atoms. The van der Waals surface area contributed by atoms with E-state index < -0.39 is 5.97 Å². The number of carboxylic acids is 1. The highest BCUT2D eigenvalue weighted by Gasteiger charge is 2.31. The number of aromatic nitrogens is 2. The van der Waals surface area contributed by atoms with Crippen LogP contribution < -0.4 is 0 Å². The van der Waals surface area contributed by atoms with Crippen LogP contribution in [0, 0.1) is 0 Å². The second-order valence-corrected chi connectivity index (χ2v) is 6.95. The van der Waals surface area contributed by atoms with Gasteiger partial charge in [-0.05, 0) is 17.7 Å². The molecule has 3 aromatic rings. The zero-order chi connectivity index (χ0) is 19.7. The van der Waals surface area contributed by atoms with Gasteiger partial charge in [-0.25, -0.2) is 4.79 Å². The molecule has 1 N–H and O–H groups in total. The minimum Gasteiger partial charge on any atom is -0.476 e. The molecule has 0 spiro atoms. The third-order valence-corrected chi connectivity index (χ3v) is 5.26. The molecule has 1 aliphatic heterocycles. The molecule has 7 nitrogen and oxygen atoms in total.